The number of hydrogen-bond acceptors (Lipinski definition) is 4. The quantitative estimate of drug-likeness (QED) is 0.476. The highest BCUT2D eigenvalue weighted by atomic mass is 16.3. The van der Waals surface area contributed by atoms with E-state index in [4.69, 9.17) is 4.99 Å². The van der Waals surface area contributed by atoms with Crippen molar-refractivity contribution in [1.82, 2.24) is 4.90 Å². The number of aliphatic imine (C=N–C) groups is 1. The monoisotopic (exact) mass is 437 g/mol. The second-order valence-electron chi connectivity index (χ2n) is 9.10. The Morgan fingerprint density at radius 3 is 2.21 bits per heavy atom. The van der Waals surface area contributed by atoms with E-state index in [2.05, 4.69) is 54.9 Å². The van der Waals surface area contributed by atoms with Crippen LogP contribution >= 0.6 is 0 Å². The molecule has 1 aliphatic carbocycles. The lowest BCUT2D eigenvalue weighted by Crippen LogP contribution is -2.39. The smallest absolute Gasteiger partial charge is 0.157 e. The molecule has 0 radical (unpaired) electrons. The highest BCUT2D eigenvalue weighted by molar-refractivity contribution is 5.97. The molecule has 1 saturated carbocycles. The van der Waals surface area contributed by atoms with Crippen molar-refractivity contribution in [2.45, 2.75) is 31.5 Å². The van der Waals surface area contributed by atoms with Crippen molar-refractivity contribution in [3.8, 4) is 0 Å². The molecule has 0 amide bonds. The largest absolute Gasteiger partial charge is 0.374 e. The summed E-state index contributed by atoms with van der Waals surface area (Å²) in [5.41, 5.74) is 4.94. The molecule has 1 N–H and O–H groups in total. The summed E-state index contributed by atoms with van der Waals surface area (Å²) in [6, 6.07) is 26.6. The number of amidine groups is 1. The molecule has 5 rings (SSSR count). The molecule has 1 aliphatic heterocycles. The van der Waals surface area contributed by atoms with Crippen molar-refractivity contribution in [3.05, 3.63) is 108 Å². The van der Waals surface area contributed by atoms with Crippen LogP contribution < -0.4 is 4.90 Å². The Hall–Kier alpha value is -3.37. The number of hydrogen-bond donors (Lipinski definition) is 1. The predicted octanol–water partition coefficient (Wildman–Crippen LogP) is 6.24. The molecule has 1 atom stereocenters. The molecule has 0 aromatic heterocycles. The van der Waals surface area contributed by atoms with Gasteiger partial charge in [0.2, 0.25) is 0 Å². The summed E-state index contributed by atoms with van der Waals surface area (Å²) >= 11 is 0. The second-order valence-corrected chi connectivity index (χ2v) is 9.10. The molecule has 1 heterocycles. The third kappa shape index (κ3) is 4.19. The lowest BCUT2D eigenvalue weighted by atomic mass is 9.85. The number of nitrogens with zero attached hydrogens (tertiary/aromatic N) is 3. The van der Waals surface area contributed by atoms with E-state index < -0.39 is 6.23 Å². The minimum Gasteiger partial charge on any atom is -0.374 e. The minimum atomic E-state index is -0.840. The van der Waals surface area contributed by atoms with Gasteiger partial charge < -0.3 is 14.9 Å². The Balaban J connectivity index is 1.56. The molecule has 0 spiro atoms. The standard InChI is InChI=1S/C29H31N3O/c1-3-27-30-26-18-17-24(31(2)20-21-11-10-12-21)19-25(26)29(33)32(27)28(22-13-6-4-7-14-22)23-15-8-5-9-16-23/h3-9,13-19,21,28-29,33H,1,10-12,20H2,2H3. The average Bonchev–Trinajstić information content (AvgIpc) is 2.84. The summed E-state index contributed by atoms with van der Waals surface area (Å²) in [4.78, 5) is 9.19. The SMILES string of the molecule is C=CC1=Nc2ccc(N(C)CC3CCC3)cc2C(O)N1C(c1ccccc1)c1ccccc1. The highest BCUT2D eigenvalue weighted by Crippen LogP contribution is 2.42. The first kappa shape index (κ1) is 21.5. The Morgan fingerprint density at radius 2 is 1.67 bits per heavy atom. The lowest BCUT2D eigenvalue weighted by Gasteiger charge is -2.41. The fourth-order valence-corrected chi connectivity index (χ4v) is 4.92. The molecule has 33 heavy (non-hydrogen) atoms. The van der Waals surface area contributed by atoms with Gasteiger partial charge in [0, 0.05) is 24.8 Å². The number of aliphatic hydroxyl groups excluding tert-OH is 1. The van der Waals surface area contributed by atoms with Crippen LogP contribution in [0, 0.1) is 5.92 Å². The molecule has 168 valence electrons. The van der Waals surface area contributed by atoms with E-state index >= 15 is 0 Å². The molecule has 1 unspecified atom stereocenters. The maximum Gasteiger partial charge on any atom is 0.157 e. The van der Waals surface area contributed by atoms with Crippen molar-refractivity contribution >= 4 is 17.2 Å². The topological polar surface area (TPSA) is 39.1 Å². The molecule has 1 fully saturated rings. The van der Waals surface area contributed by atoms with Crippen molar-refractivity contribution in [3.63, 3.8) is 0 Å². The van der Waals surface area contributed by atoms with Crippen LogP contribution in [0.5, 0.6) is 0 Å². The Labute approximate surface area is 196 Å². The first-order valence-corrected chi connectivity index (χ1v) is 11.8. The van der Waals surface area contributed by atoms with Crippen LogP contribution in [-0.4, -0.2) is 29.4 Å². The van der Waals surface area contributed by atoms with Gasteiger partial charge in [-0.25, -0.2) is 4.99 Å². The van der Waals surface area contributed by atoms with E-state index in [0.717, 1.165) is 40.5 Å². The average molecular weight is 438 g/mol. The fourth-order valence-electron chi connectivity index (χ4n) is 4.92. The molecular formula is C29H31N3O. The summed E-state index contributed by atoms with van der Waals surface area (Å²) < 4.78 is 0. The normalized spacial score (nSPS) is 17.8. The van der Waals surface area contributed by atoms with Gasteiger partial charge in [-0.05, 0) is 54.2 Å². The van der Waals surface area contributed by atoms with Gasteiger partial charge in [-0.3, -0.25) is 0 Å². The summed E-state index contributed by atoms with van der Waals surface area (Å²) in [7, 11) is 2.14. The molecular weight excluding hydrogens is 406 g/mol. The van der Waals surface area contributed by atoms with Crippen molar-refractivity contribution in [1.29, 1.82) is 0 Å². The number of fused-ring (bicyclic) bond motifs is 1. The third-order valence-electron chi connectivity index (χ3n) is 6.94. The van der Waals surface area contributed by atoms with E-state index in [0.29, 0.717) is 5.84 Å². The summed E-state index contributed by atoms with van der Waals surface area (Å²) in [5, 5.41) is 11.7. The zero-order valence-electron chi connectivity index (χ0n) is 19.1. The van der Waals surface area contributed by atoms with Crippen LogP contribution in [0.4, 0.5) is 11.4 Å². The van der Waals surface area contributed by atoms with E-state index in [1.165, 1.54) is 19.3 Å². The molecule has 0 saturated heterocycles. The van der Waals surface area contributed by atoms with Crippen molar-refractivity contribution in [2.24, 2.45) is 10.9 Å². The molecule has 3 aromatic rings. The molecule has 0 bridgehead atoms. The van der Waals surface area contributed by atoms with Crippen LogP contribution in [0.2, 0.25) is 0 Å². The third-order valence-corrected chi connectivity index (χ3v) is 6.94. The number of rotatable bonds is 7. The van der Waals surface area contributed by atoms with Crippen LogP contribution in [0.1, 0.15) is 48.2 Å². The number of aliphatic hydroxyl groups is 1. The molecule has 4 nitrogen and oxygen atoms in total. The Kier molecular flexibility index (Phi) is 6.01. The van der Waals surface area contributed by atoms with Crippen LogP contribution in [0.3, 0.4) is 0 Å². The molecule has 4 heteroatoms. The lowest BCUT2D eigenvalue weighted by molar-refractivity contribution is 0.0334. The zero-order valence-corrected chi connectivity index (χ0v) is 19.1. The fraction of sp³-hybridized carbons (Fsp3) is 0.276. The summed E-state index contributed by atoms with van der Waals surface area (Å²) in [5.74, 6) is 1.45. The summed E-state index contributed by atoms with van der Waals surface area (Å²) in [6.07, 6.45) is 4.87. The first-order valence-electron chi connectivity index (χ1n) is 11.8. The van der Waals surface area contributed by atoms with Gasteiger partial charge in [-0.15, -0.1) is 0 Å². The predicted molar refractivity (Wildman–Crippen MR) is 136 cm³/mol. The summed E-state index contributed by atoms with van der Waals surface area (Å²) in [6.45, 7) is 5.07. The van der Waals surface area contributed by atoms with Crippen LogP contribution in [0.25, 0.3) is 0 Å². The maximum atomic E-state index is 11.7. The Morgan fingerprint density at radius 1 is 1.03 bits per heavy atom. The van der Waals surface area contributed by atoms with E-state index in [9.17, 15) is 5.11 Å². The van der Waals surface area contributed by atoms with Crippen LogP contribution in [0.15, 0.2) is 96.5 Å². The number of anilines is 1. The van der Waals surface area contributed by atoms with Gasteiger partial charge >= 0.3 is 0 Å². The molecule has 3 aromatic carbocycles. The zero-order chi connectivity index (χ0) is 22.8. The van der Waals surface area contributed by atoms with E-state index in [-0.39, 0.29) is 6.04 Å². The van der Waals surface area contributed by atoms with E-state index in [1.807, 2.05) is 47.4 Å². The van der Waals surface area contributed by atoms with E-state index in [1.54, 1.807) is 6.08 Å². The van der Waals surface area contributed by atoms with Gasteiger partial charge in [0.1, 0.15) is 5.84 Å². The number of benzene rings is 3. The van der Waals surface area contributed by atoms with Gasteiger partial charge in [0.25, 0.3) is 0 Å². The Bertz CT molecular complexity index is 1100. The maximum absolute atomic E-state index is 11.7. The van der Waals surface area contributed by atoms with Crippen LogP contribution in [-0.2, 0) is 0 Å². The van der Waals surface area contributed by atoms with Crippen molar-refractivity contribution in [2.75, 3.05) is 18.5 Å². The second kappa shape index (κ2) is 9.24. The van der Waals surface area contributed by atoms with Gasteiger partial charge in [-0.2, -0.15) is 0 Å². The minimum absolute atomic E-state index is 0.191. The molecule has 2 aliphatic rings. The van der Waals surface area contributed by atoms with Gasteiger partial charge in [0.15, 0.2) is 6.23 Å². The van der Waals surface area contributed by atoms with Gasteiger partial charge in [-0.1, -0.05) is 73.7 Å². The van der Waals surface area contributed by atoms with Gasteiger partial charge in [0.05, 0.1) is 11.7 Å². The van der Waals surface area contributed by atoms with Crippen molar-refractivity contribution < 1.29 is 5.11 Å². The first-order chi connectivity index (χ1) is 16.2. The highest BCUT2D eigenvalue weighted by Gasteiger charge is 2.35.